The highest BCUT2D eigenvalue weighted by Crippen LogP contribution is 2.37. The lowest BCUT2D eigenvalue weighted by Crippen LogP contribution is -2.41. The molecule has 2 aromatic carbocycles. The Morgan fingerprint density at radius 1 is 0.952 bits per heavy atom. The van der Waals surface area contributed by atoms with E-state index < -0.39 is 26.4 Å². The highest BCUT2D eigenvalue weighted by atomic mass is 28.3. The van der Waals surface area contributed by atoms with Gasteiger partial charge in [0, 0.05) is 20.2 Å². The van der Waals surface area contributed by atoms with Gasteiger partial charge in [-0.05, 0) is 62.8 Å². The van der Waals surface area contributed by atoms with Crippen LogP contribution in [0.25, 0.3) is 22.4 Å². The molecule has 7 nitrogen and oxygen atoms in total. The standard InChI is InChI=1S/C33H44BN3O4Si/c1-23(2)26-12-10-11-13-27(26)31-35-20-28-30(36-31)29(21-37(28)22-38-18-19-42(7,8)9)39-25-16-14-24(15-17-25)34-40-32(3,4)33(5,6)41-34/h10-17,20-21,23H,18-19,22H2,1-9H3. The first kappa shape index (κ1) is 30.5. The summed E-state index contributed by atoms with van der Waals surface area (Å²) < 4.78 is 27.0. The number of fused-ring (bicyclic) bond motifs is 1. The Morgan fingerprint density at radius 3 is 2.26 bits per heavy atom. The minimum absolute atomic E-state index is 0.350. The molecule has 4 aromatic rings. The fourth-order valence-corrected chi connectivity index (χ4v) is 5.65. The van der Waals surface area contributed by atoms with Gasteiger partial charge in [-0.15, -0.1) is 0 Å². The molecular formula is C33H44BN3O4Si. The summed E-state index contributed by atoms with van der Waals surface area (Å²) in [4.78, 5) is 9.82. The van der Waals surface area contributed by atoms with Crippen LogP contribution < -0.4 is 10.2 Å². The second-order valence-electron chi connectivity index (χ2n) is 13.7. The Morgan fingerprint density at radius 2 is 1.62 bits per heavy atom. The zero-order valence-corrected chi connectivity index (χ0v) is 27.5. The van der Waals surface area contributed by atoms with Crippen LogP contribution in [0.15, 0.2) is 60.9 Å². The molecule has 2 aromatic heterocycles. The first-order valence-corrected chi connectivity index (χ1v) is 18.6. The highest BCUT2D eigenvalue weighted by Gasteiger charge is 2.51. The molecule has 1 aliphatic heterocycles. The molecular weight excluding hydrogens is 541 g/mol. The molecule has 222 valence electrons. The summed E-state index contributed by atoms with van der Waals surface area (Å²) in [5.74, 6) is 2.40. The van der Waals surface area contributed by atoms with E-state index in [1.54, 1.807) is 0 Å². The summed E-state index contributed by atoms with van der Waals surface area (Å²) in [5.41, 5.74) is 4.04. The fourth-order valence-electron chi connectivity index (χ4n) is 4.89. The molecule has 0 radical (unpaired) electrons. The Kier molecular flexibility index (Phi) is 8.42. The summed E-state index contributed by atoms with van der Waals surface area (Å²) in [6, 6.07) is 17.3. The van der Waals surface area contributed by atoms with Crippen molar-refractivity contribution in [1.29, 1.82) is 0 Å². The largest absolute Gasteiger partial charge is 0.494 e. The van der Waals surface area contributed by atoms with Crippen LogP contribution in [-0.4, -0.2) is 47.5 Å². The zero-order valence-electron chi connectivity index (χ0n) is 26.5. The minimum Gasteiger partial charge on any atom is -0.453 e. The molecule has 0 unspecified atom stereocenters. The molecule has 1 saturated heterocycles. The van der Waals surface area contributed by atoms with Gasteiger partial charge in [-0.1, -0.05) is 69.9 Å². The maximum atomic E-state index is 6.46. The molecule has 1 aliphatic rings. The first-order chi connectivity index (χ1) is 19.7. The van der Waals surface area contributed by atoms with Crippen LogP contribution in [-0.2, 0) is 20.8 Å². The average Bonchev–Trinajstić information content (AvgIpc) is 3.37. The van der Waals surface area contributed by atoms with Crippen LogP contribution in [0.5, 0.6) is 11.5 Å². The number of hydrogen-bond acceptors (Lipinski definition) is 6. The van der Waals surface area contributed by atoms with Gasteiger partial charge in [0.15, 0.2) is 11.6 Å². The number of hydrogen-bond donors (Lipinski definition) is 0. The first-order valence-electron chi connectivity index (χ1n) is 14.9. The Hall–Kier alpha value is -2.98. The average molecular weight is 586 g/mol. The maximum Gasteiger partial charge on any atom is 0.494 e. The van der Waals surface area contributed by atoms with Gasteiger partial charge in [0.25, 0.3) is 0 Å². The molecule has 9 heteroatoms. The summed E-state index contributed by atoms with van der Waals surface area (Å²) in [7, 11) is -1.61. The van der Waals surface area contributed by atoms with Crippen LogP contribution in [0.1, 0.15) is 53.0 Å². The van der Waals surface area contributed by atoms with E-state index in [0.29, 0.717) is 30.0 Å². The SMILES string of the molecule is CC(C)c1ccccc1-c1ncc2c(n1)c(Oc1ccc(B3OC(C)(C)C(C)(C)O3)cc1)cn2COCC[Si](C)(C)C. The van der Waals surface area contributed by atoms with Crippen LogP contribution in [0, 0.1) is 0 Å². The van der Waals surface area contributed by atoms with Crippen molar-refractivity contribution in [2.24, 2.45) is 0 Å². The van der Waals surface area contributed by atoms with E-state index in [0.717, 1.165) is 34.7 Å². The third kappa shape index (κ3) is 6.49. The van der Waals surface area contributed by atoms with E-state index in [2.05, 4.69) is 79.4 Å². The summed E-state index contributed by atoms with van der Waals surface area (Å²) >= 11 is 0. The van der Waals surface area contributed by atoms with Gasteiger partial charge in [0.05, 0.1) is 29.1 Å². The Bertz CT molecular complexity index is 1530. The quantitative estimate of drug-likeness (QED) is 0.141. The fraction of sp³-hybridized carbons (Fsp3) is 0.455. The van der Waals surface area contributed by atoms with E-state index >= 15 is 0 Å². The Labute approximate surface area is 251 Å². The van der Waals surface area contributed by atoms with Gasteiger partial charge >= 0.3 is 7.12 Å². The number of aromatic nitrogens is 3. The molecule has 1 fully saturated rings. The Balaban J connectivity index is 1.45. The van der Waals surface area contributed by atoms with Crippen molar-refractivity contribution >= 4 is 31.7 Å². The van der Waals surface area contributed by atoms with Gasteiger partial charge in [-0.2, -0.15) is 0 Å². The molecule has 0 amide bonds. The van der Waals surface area contributed by atoms with E-state index in [-0.39, 0.29) is 0 Å². The molecule has 0 aliphatic carbocycles. The summed E-state index contributed by atoms with van der Waals surface area (Å²) in [6.07, 6.45) is 3.85. The van der Waals surface area contributed by atoms with Crippen molar-refractivity contribution in [1.82, 2.24) is 14.5 Å². The predicted molar refractivity (Wildman–Crippen MR) is 173 cm³/mol. The van der Waals surface area contributed by atoms with E-state index in [9.17, 15) is 0 Å². The molecule has 0 N–H and O–H groups in total. The van der Waals surface area contributed by atoms with Crippen molar-refractivity contribution in [3.05, 3.63) is 66.5 Å². The number of benzene rings is 2. The highest BCUT2D eigenvalue weighted by molar-refractivity contribution is 6.76. The lowest BCUT2D eigenvalue weighted by atomic mass is 9.79. The van der Waals surface area contributed by atoms with Crippen molar-refractivity contribution in [3.63, 3.8) is 0 Å². The lowest BCUT2D eigenvalue weighted by Gasteiger charge is -2.32. The van der Waals surface area contributed by atoms with E-state index in [4.69, 9.17) is 28.8 Å². The summed E-state index contributed by atoms with van der Waals surface area (Å²) in [6.45, 7) is 20.8. The molecule has 0 bridgehead atoms. The van der Waals surface area contributed by atoms with Crippen molar-refractivity contribution in [2.45, 2.75) is 91.1 Å². The van der Waals surface area contributed by atoms with Gasteiger partial charge < -0.3 is 23.3 Å². The molecule has 3 heterocycles. The smallest absolute Gasteiger partial charge is 0.453 e. The van der Waals surface area contributed by atoms with Crippen LogP contribution in [0.2, 0.25) is 25.7 Å². The van der Waals surface area contributed by atoms with Crippen molar-refractivity contribution < 1.29 is 18.8 Å². The molecule has 5 rings (SSSR count). The molecule has 0 spiro atoms. The maximum absolute atomic E-state index is 6.46. The third-order valence-electron chi connectivity index (χ3n) is 8.27. The van der Waals surface area contributed by atoms with E-state index in [1.165, 1.54) is 5.56 Å². The molecule has 0 atom stereocenters. The monoisotopic (exact) mass is 585 g/mol. The van der Waals surface area contributed by atoms with E-state index in [1.807, 2.05) is 47.3 Å². The van der Waals surface area contributed by atoms with Crippen molar-refractivity contribution in [2.75, 3.05) is 6.61 Å². The number of rotatable bonds is 10. The topological polar surface area (TPSA) is 67.6 Å². The molecule has 0 saturated carbocycles. The second-order valence-corrected chi connectivity index (χ2v) is 19.4. The molecule has 42 heavy (non-hydrogen) atoms. The van der Waals surface area contributed by atoms with Crippen LogP contribution >= 0.6 is 0 Å². The van der Waals surface area contributed by atoms with Gasteiger partial charge in [0.2, 0.25) is 0 Å². The van der Waals surface area contributed by atoms with Crippen LogP contribution in [0.3, 0.4) is 0 Å². The zero-order chi connectivity index (χ0) is 30.3. The predicted octanol–water partition coefficient (Wildman–Crippen LogP) is 7.63. The lowest BCUT2D eigenvalue weighted by molar-refractivity contribution is 0.00578. The van der Waals surface area contributed by atoms with Gasteiger partial charge in [-0.3, -0.25) is 0 Å². The summed E-state index contributed by atoms with van der Waals surface area (Å²) in [5, 5.41) is 0. The van der Waals surface area contributed by atoms with Crippen molar-refractivity contribution in [3.8, 4) is 22.9 Å². The normalized spacial score (nSPS) is 16.5. The van der Waals surface area contributed by atoms with Gasteiger partial charge in [-0.25, -0.2) is 9.97 Å². The van der Waals surface area contributed by atoms with Crippen LogP contribution in [0.4, 0.5) is 0 Å². The number of nitrogens with zero attached hydrogens (tertiary/aromatic N) is 3. The minimum atomic E-state index is -1.19. The number of ether oxygens (including phenoxy) is 2. The third-order valence-corrected chi connectivity index (χ3v) is 9.97. The van der Waals surface area contributed by atoms with Gasteiger partial charge in [0.1, 0.15) is 18.0 Å². The second kappa shape index (κ2) is 11.6.